The Morgan fingerprint density at radius 1 is 1.30 bits per heavy atom. The molecule has 180 valence electrons. The van der Waals surface area contributed by atoms with Crippen LogP contribution in [0.25, 0.3) is 0 Å². The molecule has 3 aliphatic rings. The number of aryl methyl sites for hydroxylation is 1. The number of likely N-dealkylation sites (N-methyl/N-ethyl adjacent to an activating group) is 1. The van der Waals surface area contributed by atoms with Crippen LogP contribution in [0.15, 0.2) is 24.0 Å². The summed E-state index contributed by atoms with van der Waals surface area (Å²) in [6.07, 6.45) is -3.51. The van der Waals surface area contributed by atoms with Crippen molar-refractivity contribution in [1.82, 2.24) is 4.90 Å². The Kier molecular flexibility index (Phi) is 5.78. The van der Waals surface area contributed by atoms with Gasteiger partial charge >= 0.3 is 11.9 Å². The topological polar surface area (TPSA) is 157 Å². The average Bonchev–Trinajstić information content (AvgIpc) is 3.15. The third-order valence-electron chi connectivity index (χ3n) is 7.62. The lowest BCUT2D eigenvalue weighted by molar-refractivity contribution is -0.174. The van der Waals surface area contributed by atoms with E-state index in [4.69, 9.17) is 14.6 Å². The van der Waals surface area contributed by atoms with Crippen LogP contribution in [-0.4, -0.2) is 85.9 Å². The first-order chi connectivity index (χ1) is 15.5. The fourth-order valence-corrected chi connectivity index (χ4v) is 5.64. The van der Waals surface area contributed by atoms with Crippen LogP contribution in [0.4, 0.5) is 0 Å². The molecule has 1 fully saturated rings. The van der Waals surface area contributed by atoms with E-state index >= 15 is 0 Å². The normalized spacial score (nSPS) is 32.5. The number of aliphatic hydroxyl groups excluding tert-OH is 3. The highest BCUT2D eigenvalue weighted by molar-refractivity contribution is 5.84. The van der Waals surface area contributed by atoms with Crippen LogP contribution in [0.3, 0.4) is 0 Å². The number of rotatable bonds is 5. The van der Waals surface area contributed by atoms with E-state index in [1.807, 2.05) is 31.9 Å². The van der Waals surface area contributed by atoms with Gasteiger partial charge in [-0.15, -0.1) is 0 Å². The first kappa shape index (κ1) is 23.7. The molecule has 0 aromatic heterocycles. The van der Waals surface area contributed by atoms with Gasteiger partial charge in [0.1, 0.15) is 11.5 Å². The SMILES string of the molecule is Cc1ccc(CO)c2c1[C@]13CCN(C)[C@H](C)[C@]1(O)CC=C(OC(=O)[C@H](O)[C@@H](O)C(=O)O)[C@@H]3O2. The molecule has 5 N–H and O–H groups in total. The van der Waals surface area contributed by atoms with Crippen LogP contribution in [0.2, 0.25) is 0 Å². The fraction of sp³-hybridized carbons (Fsp3) is 0.565. The summed E-state index contributed by atoms with van der Waals surface area (Å²) in [4.78, 5) is 25.5. The molecule has 1 spiro atoms. The molecule has 1 aromatic rings. The number of carbonyl (C=O) groups is 2. The smallest absolute Gasteiger partial charge is 0.343 e. The monoisotopic (exact) mass is 463 g/mol. The molecular formula is C23H29NO9. The highest BCUT2D eigenvalue weighted by atomic mass is 16.6. The average molecular weight is 463 g/mol. The largest absolute Gasteiger partial charge is 0.481 e. The lowest BCUT2D eigenvalue weighted by Crippen LogP contribution is -2.71. The lowest BCUT2D eigenvalue weighted by atomic mass is 9.54. The van der Waals surface area contributed by atoms with Crippen LogP contribution >= 0.6 is 0 Å². The Hall–Kier alpha value is -2.50. The maximum Gasteiger partial charge on any atom is 0.343 e. The van der Waals surface area contributed by atoms with Crippen LogP contribution < -0.4 is 4.74 Å². The van der Waals surface area contributed by atoms with Crippen molar-refractivity contribution in [2.75, 3.05) is 13.6 Å². The van der Waals surface area contributed by atoms with E-state index in [1.54, 1.807) is 6.07 Å². The van der Waals surface area contributed by atoms with Gasteiger partial charge in [-0.1, -0.05) is 12.1 Å². The summed E-state index contributed by atoms with van der Waals surface area (Å²) in [5, 5.41) is 50.4. The number of aliphatic carboxylic acids is 1. The van der Waals surface area contributed by atoms with Crippen molar-refractivity contribution in [3.63, 3.8) is 0 Å². The quantitative estimate of drug-likeness (QED) is 0.363. The molecule has 1 aromatic carbocycles. The number of benzene rings is 1. The van der Waals surface area contributed by atoms with Crippen molar-refractivity contribution in [2.45, 2.75) is 68.7 Å². The molecule has 1 saturated heterocycles. The highest BCUT2D eigenvalue weighted by Gasteiger charge is 2.69. The molecule has 0 bridgehead atoms. The van der Waals surface area contributed by atoms with Crippen LogP contribution in [0, 0.1) is 6.92 Å². The summed E-state index contributed by atoms with van der Waals surface area (Å²) >= 11 is 0. The van der Waals surface area contributed by atoms with Crippen molar-refractivity contribution in [3.05, 3.63) is 40.7 Å². The van der Waals surface area contributed by atoms with Crippen LogP contribution in [0.1, 0.15) is 36.5 Å². The van der Waals surface area contributed by atoms with Gasteiger partial charge in [-0.05, 0) is 45.5 Å². The lowest BCUT2D eigenvalue weighted by Gasteiger charge is -2.58. The summed E-state index contributed by atoms with van der Waals surface area (Å²) < 4.78 is 11.6. The van der Waals surface area contributed by atoms with Crippen molar-refractivity contribution in [2.24, 2.45) is 0 Å². The number of fused-ring (bicyclic) bond motifs is 1. The van der Waals surface area contributed by atoms with Gasteiger partial charge in [-0.2, -0.15) is 0 Å². The maximum atomic E-state index is 12.5. The van der Waals surface area contributed by atoms with Gasteiger partial charge < -0.3 is 39.9 Å². The van der Waals surface area contributed by atoms with Crippen LogP contribution in [-0.2, 0) is 26.3 Å². The van der Waals surface area contributed by atoms with Gasteiger partial charge in [0.05, 0.1) is 17.6 Å². The summed E-state index contributed by atoms with van der Waals surface area (Å²) in [5.41, 5.74) is -0.183. The van der Waals surface area contributed by atoms with Gasteiger partial charge in [-0.3, -0.25) is 0 Å². The number of aliphatic hydroxyl groups is 4. The zero-order chi connectivity index (χ0) is 24.3. The Labute approximate surface area is 190 Å². The molecule has 2 heterocycles. The molecule has 33 heavy (non-hydrogen) atoms. The predicted molar refractivity (Wildman–Crippen MR) is 113 cm³/mol. The number of carbonyl (C=O) groups excluding carboxylic acids is 1. The van der Waals surface area contributed by atoms with Crippen molar-refractivity contribution >= 4 is 11.9 Å². The Bertz CT molecular complexity index is 1020. The van der Waals surface area contributed by atoms with E-state index in [9.17, 15) is 30.0 Å². The van der Waals surface area contributed by atoms with Gasteiger partial charge in [0.25, 0.3) is 0 Å². The molecule has 2 aliphatic heterocycles. The van der Waals surface area contributed by atoms with Gasteiger partial charge in [-0.25, -0.2) is 9.59 Å². The molecule has 1 aliphatic carbocycles. The fourth-order valence-electron chi connectivity index (χ4n) is 5.64. The zero-order valence-corrected chi connectivity index (χ0v) is 18.7. The van der Waals surface area contributed by atoms with E-state index in [0.717, 1.165) is 11.1 Å². The summed E-state index contributed by atoms with van der Waals surface area (Å²) in [6.45, 7) is 4.13. The van der Waals surface area contributed by atoms with Crippen molar-refractivity contribution in [1.29, 1.82) is 0 Å². The maximum absolute atomic E-state index is 12.5. The number of ether oxygens (including phenoxy) is 2. The number of hydrogen-bond acceptors (Lipinski definition) is 9. The first-order valence-corrected chi connectivity index (χ1v) is 10.8. The Morgan fingerprint density at radius 3 is 2.64 bits per heavy atom. The second kappa shape index (κ2) is 8.07. The third kappa shape index (κ3) is 3.20. The van der Waals surface area contributed by atoms with Gasteiger partial charge in [0.15, 0.2) is 18.3 Å². The van der Waals surface area contributed by atoms with E-state index in [0.29, 0.717) is 24.3 Å². The van der Waals surface area contributed by atoms with E-state index in [2.05, 4.69) is 0 Å². The van der Waals surface area contributed by atoms with E-state index in [-0.39, 0.29) is 24.8 Å². The molecule has 6 atom stereocenters. The molecule has 0 unspecified atom stereocenters. The molecule has 4 rings (SSSR count). The van der Waals surface area contributed by atoms with Gasteiger partial charge in [0, 0.05) is 23.6 Å². The second-order valence-corrected chi connectivity index (χ2v) is 9.16. The van der Waals surface area contributed by atoms with Crippen molar-refractivity contribution in [3.8, 4) is 5.75 Å². The number of likely N-dealkylation sites (tertiary alicyclic amines) is 1. The molecule has 10 nitrogen and oxygen atoms in total. The number of carboxylic acids is 1. The van der Waals surface area contributed by atoms with Crippen LogP contribution in [0.5, 0.6) is 5.75 Å². The van der Waals surface area contributed by atoms with Gasteiger partial charge in [0.2, 0.25) is 0 Å². The molecule has 0 saturated carbocycles. The van der Waals surface area contributed by atoms with Crippen molar-refractivity contribution < 1.29 is 44.6 Å². The summed E-state index contributed by atoms with van der Waals surface area (Å²) in [6, 6.07) is 3.31. The van der Waals surface area contributed by atoms with E-state index in [1.165, 1.54) is 6.08 Å². The third-order valence-corrected chi connectivity index (χ3v) is 7.62. The van der Waals surface area contributed by atoms with E-state index < -0.39 is 41.3 Å². The molecular weight excluding hydrogens is 434 g/mol. The Morgan fingerprint density at radius 2 is 2.00 bits per heavy atom. The zero-order valence-electron chi connectivity index (χ0n) is 18.7. The predicted octanol–water partition coefficient (Wildman–Crippen LogP) is -0.422. The molecule has 10 heteroatoms. The minimum atomic E-state index is -2.35. The first-order valence-electron chi connectivity index (χ1n) is 10.8. The molecule has 0 amide bonds. The summed E-state index contributed by atoms with van der Waals surface area (Å²) in [5.74, 6) is -2.65. The number of carboxylic acid groups (broad SMARTS) is 1. The summed E-state index contributed by atoms with van der Waals surface area (Å²) in [7, 11) is 1.92. The number of hydrogen-bond donors (Lipinski definition) is 5. The number of piperidine rings is 1. The second-order valence-electron chi connectivity index (χ2n) is 9.16. The number of esters is 1. The standard InChI is InChI=1S/C23H29NO9/c1-11-4-5-13(10-25)18-15(11)22-8-9-24(3)12(2)23(22,31)7-6-14(19(22)33-18)32-21(30)17(27)16(26)20(28)29/h4-6,12,16-17,19,25-27,31H,7-10H2,1-3H3,(H,28,29)/t12-,16-,17-,19+,22+,23-/m1/s1. The minimum Gasteiger partial charge on any atom is -0.481 e. The number of nitrogens with zero attached hydrogens (tertiary/aromatic N) is 1. The minimum absolute atomic E-state index is 0.0255. The highest BCUT2D eigenvalue weighted by Crippen LogP contribution is 2.61. The molecule has 0 radical (unpaired) electrons. The Balaban J connectivity index is 1.82.